The summed E-state index contributed by atoms with van der Waals surface area (Å²) in [6.07, 6.45) is 2.65. The van der Waals surface area contributed by atoms with E-state index >= 15 is 0 Å². The van der Waals surface area contributed by atoms with Gasteiger partial charge in [-0.25, -0.2) is 9.07 Å². The lowest BCUT2D eigenvalue weighted by atomic mass is 10.0. The molecule has 0 bridgehead atoms. The summed E-state index contributed by atoms with van der Waals surface area (Å²) in [6.45, 7) is 5.56. The fourth-order valence-corrected chi connectivity index (χ4v) is 2.79. The molecule has 0 aliphatic rings. The zero-order valence-corrected chi connectivity index (χ0v) is 13.2. The summed E-state index contributed by atoms with van der Waals surface area (Å²) in [6, 6.07) is 4.74. The lowest BCUT2D eigenvalue weighted by Gasteiger charge is -2.21. The number of aryl methyl sites for hydroxylation is 1. The zero-order chi connectivity index (χ0) is 14.5. The highest BCUT2D eigenvalue weighted by molar-refractivity contribution is 9.10. The van der Waals surface area contributed by atoms with Gasteiger partial charge in [0.2, 0.25) is 0 Å². The SMILES string of the molecule is CCCn1nncc1C(NCC)c1c(F)cccc1Br. The fourth-order valence-electron chi connectivity index (χ4n) is 2.22. The van der Waals surface area contributed by atoms with Crippen LogP contribution in [-0.2, 0) is 6.54 Å². The van der Waals surface area contributed by atoms with Crippen molar-refractivity contribution in [2.75, 3.05) is 6.54 Å². The average Bonchev–Trinajstić information content (AvgIpc) is 2.86. The monoisotopic (exact) mass is 340 g/mol. The highest BCUT2D eigenvalue weighted by Crippen LogP contribution is 2.30. The fraction of sp³-hybridized carbons (Fsp3) is 0.429. The molecule has 1 aromatic carbocycles. The molecule has 0 saturated carbocycles. The molecule has 0 spiro atoms. The van der Waals surface area contributed by atoms with Crippen LogP contribution < -0.4 is 5.32 Å². The Bertz CT molecular complexity index is 550. The van der Waals surface area contributed by atoms with Gasteiger partial charge >= 0.3 is 0 Å². The molecular formula is C14H18BrFN4. The van der Waals surface area contributed by atoms with Crippen molar-refractivity contribution in [2.45, 2.75) is 32.9 Å². The van der Waals surface area contributed by atoms with Gasteiger partial charge in [0.05, 0.1) is 17.9 Å². The van der Waals surface area contributed by atoms with Crippen molar-refractivity contribution < 1.29 is 4.39 Å². The summed E-state index contributed by atoms with van der Waals surface area (Å²) >= 11 is 3.44. The zero-order valence-electron chi connectivity index (χ0n) is 11.6. The third-order valence-corrected chi connectivity index (χ3v) is 3.77. The van der Waals surface area contributed by atoms with E-state index in [9.17, 15) is 4.39 Å². The molecule has 108 valence electrons. The first-order valence-electron chi connectivity index (χ1n) is 6.74. The van der Waals surface area contributed by atoms with Crippen molar-refractivity contribution in [3.05, 3.63) is 45.9 Å². The van der Waals surface area contributed by atoms with E-state index in [0.29, 0.717) is 5.56 Å². The van der Waals surface area contributed by atoms with E-state index in [1.165, 1.54) is 6.07 Å². The molecule has 1 N–H and O–H groups in total. The van der Waals surface area contributed by atoms with E-state index in [0.717, 1.165) is 29.7 Å². The van der Waals surface area contributed by atoms with E-state index in [1.807, 2.05) is 17.7 Å². The van der Waals surface area contributed by atoms with Crippen LogP contribution in [0.4, 0.5) is 4.39 Å². The Labute approximate surface area is 126 Å². The Balaban J connectivity index is 2.48. The van der Waals surface area contributed by atoms with Crippen molar-refractivity contribution in [3.8, 4) is 0 Å². The lowest BCUT2D eigenvalue weighted by Crippen LogP contribution is -2.26. The largest absolute Gasteiger partial charge is 0.305 e. The van der Waals surface area contributed by atoms with Crippen LogP contribution >= 0.6 is 15.9 Å². The second kappa shape index (κ2) is 6.95. The Hall–Kier alpha value is -1.27. The van der Waals surface area contributed by atoms with E-state index < -0.39 is 0 Å². The average molecular weight is 341 g/mol. The molecule has 2 aromatic rings. The second-order valence-electron chi connectivity index (χ2n) is 4.51. The van der Waals surface area contributed by atoms with Gasteiger partial charge in [-0.1, -0.05) is 41.1 Å². The predicted octanol–water partition coefficient (Wildman–Crippen LogP) is 3.29. The number of hydrogen-bond acceptors (Lipinski definition) is 3. The summed E-state index contributed by atoms with van der Waals surface area (Å²) in [5, 5.41) is 11.4. The molecule has 0 aliphatic heterocycles. The van der Waals surface area contributed by atoms with E-state index in [-0.39, 0.29) is 11.9 Å². The third kappa shape index (κ3) is 3.07. The Kier molecular flexibility index (Phi) is 5.25. The molecule has 4 nitrogen and oxygen atoms in total. The number of rotatable bonds is 6. The van der Waals surface area contributed by atoms with Crippen LogP contribution in [0, 0.1) is 5.82 Å². The molecule has 0 aliphatic carbocycles. The molecule has 1 unspecified atom stereocenters. The molecule has 0 radical (unpaired) electrons. The summed E-state index contributed by atoms with van der Waals surface area (Å²) < 4.78 is 16.8. The van der Waals surface area contributed by atoms with Gasteiger partial charge in [0, 0.05) is 16.6 Å². The smallest absolute Gasteiger partial charge is 0.129 e. The number of halogens is 2. The number of benzene rings is 1. The first-order valence-corrected chi connectivity index (χ1v) is 7.54. The quantitative estimate of drug-likeness (QED) is 0.877. The minimum Gasteiger partial charge on any atom is -0.305 e. The van der Waals surface area contributed by atoms with Crippen LogP contribution in [0.3, 0.4) is 0 Å². The standard InChI is InChI=1S/C14H18BrFN4/c1-3-8-20-12(9-18-19-20)14(17-4-2)13-10(15)6-5-7-11(13)16/h5-7,9,14,17H,3-4,8H2,1-2H3. The van der Waals surface area contributed by atoms with Crippen molar-refractivity contribution in [3.63, 3.8) is 0 Å². The van der Waals surface area contributed by atoms with Gasteiger partial charge in [-0.05, 0) is 25.1 Å². The van der Waals surface area contributed by atoms with Crippen LogP contribution in [0.25, 0.3) is 0 Å². The van der Waals surface area contributed by atoms with Gasteiger partial charge < -0.3 is 5.32 Å². The van der Waals surface area contributed by atoms with Crippen molar-refractivity contribution >= 4 is 15.9 Å². The molecule has 1 heterocycles. The third-order valence-electron chi connectivity index (χ3n) is 3.08. The van der Waals surface area contributed by atoms with E-state index in [2.05, 4.69) is 38.5 Å². The molecule has 0 amide bonds. The van der Waals surface area contributed by atoms with E-state index in [4.69, 9.17) is 0 Å². The highest BCUT2D eigenvalue weighted by Gasteiger charge is 2.23. The van der Waals surface area contributed by atoms with Crippen LogP contribution in [0.1, 0.15) is 37.6 Å². The normalized spacial score (nSPS) is 12.6. The van der Waals surface area contributed by atoms with Gasteiger partial charge in [-0.15, -0.1) is 5.10 Å². The van der Waals surface area contributed by atoms with Gasteiger partial charge in [0.1, 0.15) is 5.82 Å². The summed E-state index contributed by atoms with van der Waals surface area (Å²) in [4.78, 5) is 0. The van der Waals surface area contributed by atoms with Crippen LogP contribution in [0.2, 0.25) is 0 Å². The Morgan fingerprint density at radius 3 is 2.85 bits per heavy atom. The Morgan fingerprint density at radius 2 is 2.20 bits per heavy atom. The highest BCUT2D eigenvalue weighted by atomic mass is 79.9. The van der Waals surface area contributed by atoms with Gasteiger partial charge in [0.25, 0.3) is 0 Å². The number of nitrogens with zero attached hydrogens (tertiary/aromatic N) is 3. The maximum atomic E-state index is 14.2. The maximum Gasteiger partial charge on any atom is 0.129 e. The van der Waals surface area contributed by atoms with Gasteiger partial charge in [-0.2, -0.15) is 0 Å². The molecular weight excluding hydrogens is 323 g/mol. The summed E-state index contributed by atoms with van der Waals surface area (Å²) in [5.74, 6) is -0.241. The van der Waals surface area contributed by atoms with Gasteiger partial charge in [-0.3, -0.25) is 0 Å². The molecule has 6 heteroatoms. The first-order chi connectivity index (χ1) is 9.69. The topological polar surface area (TPSA) is 42.7 Å². The molecule has 0 saturated heterocycles. The van der Waals surface area contributed by atoms with Crippen molar-refractivity contribution in [1.82, 2.24) is 20.3 Å². The minimum absolute atomic E-state index is 0.241. The van der Waals surface area contributed by atoms with Crippen LogP contribution in [0.15, 0.2) is 28.9 Å². The molecule has 1 aromatic heterocycles. The Morgan fingerprint density at radius 1 is 1.40 bits per heavy atom. The maximum absolute atomic E-state index is 14.2. The minimum atomic E-state index is -0.267. The molecule has 20 heavy (non-hydrogen) atoms. The molecule has 1 atom stereocenters. The summed E-state index contributed by atoms with van der Waals surface area (Å²) in [7, 11) is 0. The summed E-state index contributed by atoms with van der Waals surface area (Å²) in [5.41, 5.74) is 1.47. The second-order valence-corrected chi connectivity index (χ2v) is 5.36. The number of hydrogen-bond donors (Lipinski definition) is 1. The lowest BCUT2D eigenvalue weighted by molar-refractivity contribution is 0.495. The van der Waals surface area contributed by atoms with Crippen LogP contribution in [0.5, 0.6) is 0 Å². The van der Waals surface area contributed by atoms with E-state index in [1.54, 1.807) is 12.3 Å². The molecule has 0 fully saturated rings. The van der Waals surface area contributed by atoms with Crippen LogP contribution in [-0.4, -0.2) is 21.5 Å². The number of nitrogens with one attached hydrogen (secondary N) is 1. The molecule has 2 rings (SSSR count). The number of aromatic nitrogens is 3. The van der Waals surface area contributed by atoms with Crippen molar-refractivity contribution in [1.29, 1.82) is 0 Å². The predicted molar refractivity (Wildman–Crippen MR) is 79.9 cm³/mol. The van der Waals surface area contributed by atoms with Gasteiger partial charge in [0.15, 0.2) is 0 Å². The first kappa shape index (κ1) is 15.1. The van der Waals surface area contributed by atoms with Crippen molar-refractivity contribution in [2.24, 2.45) is 0 Å².